The quantitative estimate of drug-likeness (QED) is 0.755. The molecule has 3 nitrogen and oxygen atoms in total. The zero-order valence-corrected chi connectivity index (χ0v) is 11.2. The lowest BCUT2D eigenvalue weighted by atomic mass is 10.4. The Morgan fingerprint density at radius 1 is 1.33 bits per heavy atom. The van der Waals surface area contributed by atoms with Crippen molar-refractivity contribution < 1.29 is 0 Å². The number of hydrogen-bond donors (Lipinski definition) is 0. The zero-order chi connectivity index (χ0) is 11.0. The fraction of sp³-hybridized carbons (Fsp3) is 0.222. The maximum absolute atomic E-state index is 5.91. The first-order chi connectivity index (χ1) is 7.08. The molecule has 2 rings (SSSR count). The number of halogens is 2. The molecule has 0 N–H and O–H groups in total. The minimum absolute atomic E-state index is 0.422. The van der Waals surface area contributed by atoms with E-state index in [1.165, 1.54) is 0 Å². The molecule has 2 aromatic rings. The molecule has 0 saturated carbocycles. The minimum Gasteiger partial charge on any atom is -0.246 e. The fourth-order valence-electron chi connectivity index (χ4n) is 1.19. The van der Waals surface area contributed by atoms with E-state index in [4.69, 9.17) is 11.6 Å². The first-order valence-electron chi connectivity index (χ1n) is 4.20. The maximum Gasteiger partial charge on any atom is 0.172 e. The lowest BCUT2D eigenvalue weighted by molar-refractivity contribution is 1.14. The summed E-state index contributed by atoms with van der Waals surface area (Å²) in [6, 6.07) is 0. The summed E-state index contributed by atoms with van der Waals surface area (Å²) in [6.45, 7) is 3.90. The average molecular weight is 305 g/mol. The van der Waals surface area contributed by atoms with Crippen molar-refractivity contribution in [2.75, 3.05) is 0 Å². The van der Waals surface area contributed by atoms with Crippen molar-refractivity contribution in [3.05, 3.63) is 26.5 Å². The second kappa shape index (κ2) is 4.15. The van der Waals surface area contributed by atoms with Crippen molar-refractivity contribution in [1.29, 1.82) is 0 Å². The average Bonchev–Trinajstić information content (AvgIpc) is 2.50. The molecular weight excluding hydrogens is 298 g/mol. The molecule has 6 heteroatoms. The number of nitrogens with zero attached hydrogens (tertiary/aromatic N) is 3. The number of aryl methyl sites for hydroxylation is 2. The lowest BCUT2D eigenvalue weighted by Gasteiger charge is -1.98. The van der Waals surface area contributed by atoms with Crippen LogP contribution in [0.2, 0.25) is 5.15 Å². The van der Waals surface area contributed by atoms with Gasteiger partial charge in [0, 0.05) is 6.20 Å². The topological polar surface area (TPSA) is 38.7 Å². The monoisotopic (exact) mass is 303 g/mol. The summed E-state index contributed by atoms with van der Waals surface area (Å²) >= 11 is 10.7. The summed E-state index contributed by atoms with van der Waals surface area (Å²) in [5.74, 6) is 0.631. The van der Waals surface area contributed by atoms with Gasteiger partial charge in [-0.3, -0.25) is 0 Å². The van der Waals surface area contributed by atoms with Crippen LogP contribution in [0.15, 0.2) is 10.7 Å². The molecular formula is C9H7BrClN3S. The first-order valence-corrected chi connectivity index (χ1v) is 6.19. The smallest absolute Gasteiger partial charge is 0.172 e. The van der Waals surface area contributed by atoms with Crippen LogP contribution in [0.3, 0.4) is 0 Å². The van der Waals surface area contributed by atoms with E-state index < -0.39 is 0 Å². The molecule has 0 saturated heterocycles. The Kier molecular flexibility index (Phi) is 3.04. The molecule has 0 aliphatic carbocycles. The number of hydrogen-bond acceptors (Lipinski definition) is 4. The van der Waals surface area contributed by atoms with Gasteiger partial charge in [-0.25, -0.2) is 15.0 Å². The van der Waals surface area contributed by atoms with E-state index in [0.717, 1.165) is 15.6 Å². The Balaban J connectivity index is 2.54. The normalized spacial score (nSPS) is 10.7. The fourth-order valence-corrected chi connectivity index (χ4v) is 2.38. The van der Waals surface area contributed by atoms with Crippen molar-refractivity contribution in [3.8, 4) is 10.7 Å². The van der Waals surface area contributed by atoms with Gasteiger partial charge in [-0.15, -0.1) is 11.3 Å². The molecule has 15 heavy (non-hydrogen) atoms. The summed E-state index contributed by atoms with van der Waals surface area (Å²) in [4.78, 5) is 13.7. The number of aromatic nitrogens is 3. The van der Waals surface area contributed by atoms with E-state index in [9.17, 15) is 0 Å². The second-order valence-corrected chi connectivity index (χ2v) is 5.40. The van der Waals surface area contributed by atoms with Crippen LogP contribution >= 0.6 is 38.9 Å². The maximum atomic E-state index is 5.91. The highest BCUT2D eigenvalue weighted by molar-refractivity contribution is 9.10. The van der Waals surface area contributed by atoms with E-state index in [2.05, 4.69) is 30.9 Å². The molecule has 0 atom stereocenters. The second-order valence-electron chi connectivity index (χ2n) is 2.98. The van der Waals surface area contributed by atoms with Gasteiger partial charge in [-0.2, -0.15) is 0 Å². The van der Waals surface area contributed by atoms with E-state index in [0.29, 0.717) is 15.5 Å². The Labute approximate surface area is 105 Å². The van der Waals surface area contributed by atoms with Gasteiger partial charge in [0.05, 0.1) is 20.1 Å². The summed E-state index contributed by atoms with van der Waals surface area (Å²) in [5, 5.41) is 1.43. The van der Waals surface area contributed by atoms with Crippen molar-refractivity contribution >= 4 is 38.9 Å². The van der Waals surface area contributed by atoms with Crippen LogP contribution in [-0.2, 0) is 0 Å². The van der Waals surface area contributed by atoms with Crippen LogP contribution in [0, 0.1) is 13.8 Å². The molecule has 0 bridgehead atoms. The Morgan fingerprint density at radius 2 is 2.07 bits per heavy atom. The van der Waals surface area contributed by atoms with Crippen molar-refractivity contribution in [1.82, 2.24) is 15.0 Å². The van der Waals surface area contributed by atoms with E-state index >= 15 is 0 Å². The molecule has 0 amide bonds. The highest BCUT2D eigenvalue weighted by Crippen LogP contribution is 2.29. The van der Waals surface area contributed by atoms with Crippen molar-refractivity contribution in [2.24, 2.45) is 0 Å². The van der Waals surface area contributed by atoms with Gasteiger partial charge in [-0.05, 0) is 29.8 Å². The molecule has 2 heterocycles. The van der Waals surface area contributed by atoms with Gasteiger partial charge in [-0.1, -0.05) is 11.6 Å². The highest BCUT2D eigenvalue weighted by atomic mass is 79.9. The van der Waals surface area contributed by atoms with E-state index in [1.54, 1.807) is 17.5 Å². The van der Waals surface area contributed by atoms with Gasteiger partial charge in [0.15, 0.2) is 5.82 Å². The summed E-state index contributed by atoms with van der Waals surface area (Å²) in [6.07, 6.45) is 1.65. The molecule has 0 aliphatic heterocycles. The van der Waals surface area contributed by atoms with E-state index in [-0.39, 0.29) is 0 Å². The molecule has 0 radical (unpaired) electrons. The predicted octanol–water partition coefficient (Wildman–Crippen LogP) is 3.63. The highest BCUT2D eigenvalue weighted by Gasteiger charge is 2.11. The largest absolute Gasteiger partial charge is 0.246 e. The third kappa shape index (κ3) is 2.19. The van der Waals surface area contributed by atoms with Gasteiger partial charge in [0.1, 0.15) is 5.15 Å². The zero-order valence-electron chi connectivity index (χ0n) is 8.08. The predicted molar refractivity (Wildman–Crippen MR) is 65.3 cm³/mol. The van der Waals surface area contributed by atoms with Gasteiger partial charge in [0.2, 0.25) is 0 Å². The summed E-state index contributed by atoms with van der Waals surface area (Å²) in [7, 11) is 0. The molecule has 0 aliphatic rings. The van der Waals surface area contributed by atoms with Crippen molar-refractivity contribution in [3.63, 3.8) is 0 Å². The van der Waals surface area contributed by atoms with Crippen LogP contribution in [0.1, 0.15) is 10.7 Å². The third-order valence-electron chi connectivity index (χ3n) is 1.81. The number of thiazole rings is 1. The molecule has 0 fully saturated rings. The van der Waals surface area contributed by atoms with Gasteiger partial charge < -0.3 is 0 Å². The third-order valence-corrected chi connectivity index (χ3v) is 3.97. The molecule has 2 aromatic heterocycles. The molecule has 78 valence electrons. The Bertz CT molecular complexity index is 512. The van der Waals surface area contributed by atoms with Crippen LogP contribution in [-0.4, -0.2) is 15.0 Å². The van der Waals surface area contributed by atoms with Crippen LogP contribution in [0.5, 0.6) is 0 Å². The summed E-state index contributed by atoms with van der Waals surface area (Å²) < 4.78 is 0.701. The van der Waals surface area contributed by atoms with Gasteiger partial charge >= 0.3 is 0 Å². The van der Waals surface area contributed by atoms with Crippen LogP contribution in [0.25, 0.3) is 10.7 Å². The van der Waals surface area contributed by atoms with Gasteiger partial charge in [0.25, 0.3) is 0 Å². The van der Waals surface area contributed by atoms with Crippen LogP contribution in [0.4, 0.5) is 0 Å². The molecule has 0 spiro atoms. The SMILES string of the molecule is Cc1nc(C)c(-c2ncc(Br)c(Cl)n2)s1. The first kappa shape index (κ1) is 11.0. The lowest BCUT2D eigenvalue weighted by Crippen LogP contribution is -1.89. The standard InChI is InChI=1S/C9H7BrClN3S/c1-4-7(15-5(2)13-4)9-12-3-6(10)8(11)14-9/h3H,1-2H3. The summed E-state index contributed by atoms with van der Waals surface area (Å²) in [5.41, 5.74) is 0.941. The molecule has 0 unspecified atom stereocenters. The number of rotatable bonds is 1. The van der Waals surface area contributed by atoms with Crippen LogP contribution < -0.4 is 0 Å². The Hall–Kier alpha value is -0.520. The molecule has 0 aromatic carbocycles. The Morgan fingerprint density at radius 3 is 2.60 bits per heavy atom. The minimum atomic E-state index is 0.422. The van der Waals surface area contributed by atoms with E-state index in [1.807, 2.05) is 13.8 Å². The van der Waals surface area contributed by atoms with Crippen molar-refractivity contribution in [2.45, 2.75) is 13.8 Å².